The molecule has 0 atom stereocenters. The molecule has 0 aromatic heterocycles. The smallest absolute Gasteiger partial charge is 0.317 e. The first-order chi connectivity index (χ1) is 5.20. The number of esters is 2. The van der Waals surface area contributed by atoms with Gasteiger partial charge in [-0.2, -0.15) is 0 Å². The van der Waals surface area contributed by atoms with E-state index in [9.17, 15) is 9.59 Å². The SMILES string of the molecule is CCOC(=O)CC(=O)OCC.[Zn]. The van der Waals surface area contributed by atoms with Crippen LogP contribution in [-0.4, -0.2) is 25.2 Å². The summed E-state index contributed by atoms with van der Waals surface area (Å²) in [7, 11) is 0. The van der Waals surface area contributed by atoms with Crippen molar-refractivity contribution in [1.29, 1.82) is 0 Å². The molecule has 0 heterocycles. The molecule has 0 aliphatic heterocycles. The molecule has 0 bridgehead atoms. The van der Waals surface area contributed by atoms with Gasteiger partial charge in [-0.05, 0) is 13.8 Å². The summed E-state index contributed by atoms with van der Waals surface area (Å²) < 4.78 is 9.04. The second-order valence-electron chi connectivity index (χ2n) is 1.79. The maximum Gasteiger partial charge on any atom is 0.317 e. The first kappa shape index (κ1) is 14.1. The number of carbonyl (C=O) groups excluding carboxylic acids is 2. The van der Waals surface area contributed by atoms with E-state index in [0.717, 1.165) is 0 Å². The molecule has 0 aromatic carbocycles. The summed E-state index contributed by atoms with van der Waals surface area (Å²) in [5.41, 5.74) is 0. The van der Waals surface area contributed by atoms with Crippen LogP contribution in [0.3, 0.4) is 0 Å². The Kier molecular flexibility index (Phi) is 10.2. The van der Waals surface area contributed by atoms with E-state index in [2.05, 4.69) is 9.47 Å². The Bertz CT molecular complexity index is 130. The first-order valence-corrected chi connectivity index (χ1v) is 3.52. The van der Waals surface area contributed by atoms with Crippen LogP contribution in [0.15, 0.2) is 0 Å². The molecule has 0 aromatic rings. The molecule has 0 spiro atoms. The van der Waals surface area contributed by atoms with E-state index in [-0.39, 0.29) is 39.1 Å². The molecule has 66 valence electrons. The topological polar surface area (TPSA) is 52.6 Å². The van der Waals surface area contributed by atoms with Crippen LogP contribution in [0, 0.1) is 0 Å². The molecular formula is C7H12O4Zn. The van der Waals surface area contributed by atoms with E-state index in [1.807, 2.05) is 0 Å². The molecule has 4 nitrogen and oxygen atoms in total. The quantitative estimate of drug-likeness (QED) is 0.397. The van der Waals surface area contributed by atoms with E-state index >= 15 is 0 Å². The summed E-state index contributed by atoms with van der Waals surface area (Å²) in [6.07, 6.45) is -0.290. The molecule has 12 heavy (non-hydrogen) atoms. The summed E-state index contributed by atoms with van der Waals surface area (Å²) in [4.78, 5) is 21.2. The molecule has 0 aliphatic rings. The van der Waals surface area contributed by atoms with Gasteiger partial charge in [0, 0.05) is 19.5 Å². The Morgan fingerprint density at radius 2 is 1.33 bits per heavy atom. The van der Waals surface area contributed by atoms with Gasteiger partial charge in [0.1, 0.15) is 6.42 Å². The Morgan fingerprint density at radius 3 is 1.58 bits per heavy atom. The molecule has 0 N–H and O–H groups in total. The van der Waals surface area contributed by atoms with Crippen LogP contribution in [0.1, 0.15) is 20.3 Å². The third-order valence-corrected chi connectivity index (χ3v) is 0.899. The minimum atomic E-state index is -0.536. The van der Waals surface area contributed by atoms with Crippen molar-refractivity contribution in [3.63, 3.8) is 0 Å². The van der Waals surface area contributed by atoms with Gasteiger partial charge in [-0.1, -0.05) is 0 Å². The van der Waals surface area contributed by atoms with Gasteiger partial charge in [0.2, 0.25) is 0 Å². The minimum absolute atomic E-state index is 0. The Hall–Kier alpha value is -0.437. The van der Waals surface area contributed by atoms with Gasteiger partial charge in [-0.15, -0.1) is 0 Å². The predicted octanol–water partition coefficient (Wildman–Crippen LogP) is 0.500. The van der Waals surface area contributed by atoms with Gasteiger partial charge in [0.05, 0.1) is 13.2 Å². The number of rotatable bonds is 4. The van der Waals surface area contributed by atoms with E-state index in [1.54, 1.807) is 13.8 Å². The van der Waals surface area contributed by atoms with E-state index in [4.69, 9.17) is 0 Å². The van der Waals surface area contributed by atoms with E-state index in [0.29, 0.717) is 0 Å². The second kappa shape index (κ2) is 8.66. The molecular weight excluding hydrogens is 213 g/mol. The normalized spacial score (nSPS) is 8.17. The van der Waals surface area contributed by atoms with Crippen molar-refractivity contribution < 1.29 is 38.5 Å². The fraction of sp³-hybridized carbons (Fsp3) is 0.714. The summed E-state index contributed by atoms with van der Waals surface area (Å²) in [5.74, 6) is -1.07. The van der Waals surface area contributed by atoms with Gasteiger partial charge in [-0.25, -0.2) is 0 Å². The summed E-state index contributed by atoms with van der Waals surface area (Å²) in [6.45, 7) is 3.95. The van der Waals surface area contributed by atoms with Crippen LogP contribution < -0.4 is 0 Å². The van der Waals surface area contributed by atoms with E-state index in [1.165, 1.54) is 0 Å². The van der Waals surface area contributed by atoms with Gasteiger partial charge >= 0.3 is 11.9 Å². The standard InChI is InChI=1S/C7H12O4.Zn/c1-3-10-6(8)5-7(9)11-4-2;/h3-5H2,1-2H3;. The Labute approximate surface area is 84.4 Å². The van der Waals surface area contributed by atoms with Crippen LogP contribution in [-0.2, 0) is 38.5 Å². The predicted molar refractivity (Wildman–Crippen MR) is 37.9 cm³/mol. The molecule has 0 saturated carbocycles. The summed E-state index contributed by atoms with van der Waals surface area (Å²) in [5, 5.41) is 0. The maximum atomic E-state index is 10.6. The van der Waals surface area contributed by atoms with Crippen LogP contribution in [0.5, 0.6) is 0 Å². The first-order valence-electron chi connectivity index (χ1n) is 3.52. The second-order valence-corrected chi connectivity index (χ2v) is 1.79. The minimum Gasteiger partial charge on any atom is -0.466 e. The molecule has 0 rings (SSSR count). The van der Waals surface area contributed by atoms with Crippen LogP contribution >= 0.6 is 0 Å². The Morgan fingerprint density at radius 1 is 1.00 bits per heavy atom. The van der Waals surface area contributed by atoms with Gasteiger partial charge in [0.15, 0.2) is 0 Å². The average molecular weight is 226 g/mol. The van der Waals surface area contributed by atoms with Gasteiger partial charge in [-0.3, -0.25) is 9.59 Å². The number of hydrogen-bond donors (Lipinski definition) is 0. The zero-order chi connectivity index (χ0) is 8.69. The van der Waals surface area contributed by atoms with Gasteiger partial charge in [0.25, 0.3) is 0 Å². The number of ether oxygens (including phenoxy) is 2. The fourth-order valence-electron chi connectivity index (χ4n) is 0.542. The maximum absolute atomic E-state index is 10.6. The van der Waals surface area contributed by atoms with Crippen molar-refractivity contribution in [3.8, 4) is 0 Å². The fourth-order valence-corrected chi connectivity index (χ4v) is 0.542. The van der Waals surface area contributed by atoms with Crippen LogP contribution in [0.4, 0.5) is 0 Å². The average Bonchev–Trinajstić information content (AvgIpc) is 1.87. The van der Waals surface area contributed by atoms with E-state index < -0.39 is 11.9 Å². The number of carbonyl (C=O) groups is 2. The van der Waals surface area contributed by atoms with Crippen molar-refractivity contribution in [2.75, 3.05) is 13.2 Å². The van der Waals surface area contributed by atoms with Crippen molar-refractivity contribution in [2.24, 2.45) is 0 Å². The molecule has 0 radical (unpaired) electrons. The number of hydrogen-bond acceptors (Lipinski definition) is 4. The third-order valence-electron chi connectivity index (χ3n) is 0.899. The zero-order valence-corrected chi connectivity index (χ0v) is 10.4. The molecule has 5 heteroatoms. The zero-order valence-electron chi connectivity index (χ0n) is 7.46. The van der Waals surface area contributed by atoms with Crippen LogP contribution in [0.2, 0.25) is 0 Å². The third kappa shape index (κ3) is 7.67. The monoisotopic (exact) mass is 224 g/mol. The van der Waals surface area contributed by atoms with Crippen molar-refractivity contribution in [3.05, 3.63) is 0 Å². The Balaban J connectivity index is 0. The summed E-state index contributed by atoms with van der Waals surface area (Å²) in [6, 6.07) is 0. The van der Waals surface area contributed by atoms with Crippen molar-refractivity contribution in [1.82, 2.24) is 0 Å². The molecule has 0 saturated heterocycles. The van der Waals surface area contributed by atoms with Crippen molar-refractivity contribution >= 4 is 11.9 Å². The van der Waals surface area contributed by atoms with Crippen LogP contribution in [0.25, 0.3) is 0 Å². The molecule has 0 unspecified atom stereocenters. The molecule has 0 amide bonds. The molecule has 0 aliphatic carbocycles. The van der Waals surface area contributed by atoms with Crippen molar-refractivity contribution in [2.45, 2.75) is 20.3 Å². The summed E-state index contributed by atoms with van der Waals surface area (Å²) >= 11 is 0. The molecule has 0 fully saturated rings. The van der Waals surface area contributed by atoms with Gasteiger partial charge < -0.3 is 9.47 Å². The largest absolute Gasteiger partial charge is 0.466 e.